The first-order valence-electron chi connectivity index (χ1n) is 5.69. The summed E-state index contributed by atoms with van der Waals surface area (Å²) in [6, 6.07) is 3.42. The van der Waals surface area contributed by atoms with Gasteiger partial charge in [0.05, 0.1) is 11.0 Å². The number of rotatable bonds is 4. The number of nitrogens with zero attached hydrogens (tertiary/aromatic N) is 4. The summed E-state index contributed by atoms with van der Waals surface area (Å²) in [7, 11) is 0. The average Bonchev–Trinajstić information content (AvgIpc) is 2.32. The lowest BCUT2D eigenvalue weighted by molar-refractivity contribution is -0.384. The number of aromatic nitrogens is 1. The van der Waals surface area contributed by atoms with Gasteiger partial charge in [0.15, 0.2) is 0 Å². The molecule has 1 aliphatic heterocycles. The summed E-state index contributed by atoms with van der Waals surface area (Å²) in [5.74, 6) is 0.285. The first-order valence-corrected chi connectivity index (χ1v) is 5.69. The van der Waals surface area contributed by atoms with Gasteiger partial charge in [-0.1, -0.05) is 0 Å². The van der Waals surface area contributed by atoms with Crippen LogP contribution < -0.4 is 10.2 Å². The van der Waals surface area contributed by atoms with Crippen molar-refractivity contribution in [1.29, 1.82) is 5.26 Å². The molecule has 0 radical (unpaired) electrons. The molecule has 0 amide bonds. The van der Waals surface area contributed by atoms with Crippen molar-refractivity contribution < 1.29 is 4.92 Å². The zero-order chi connectivity index (χ0) is 13.1. The Bertz CT molecular complexity index is 507. The number of nitro groups is 1. The van der Waals surface area contributed by atoms with Crippen molar-refractivity contribution in [2.75, 3.05) is 24.5 Å². The molecule has 2 rings (SSSR count). The molecule has 0 unspecified atom stereocenters. The Balaban J connectivity index is 2.48. The van der Waals surface area contributed by atoms with Crippen LogP contribution in [0.3, 0.4) is 0 Å². The molecule has 1 aliphatic rings. The third-order valence-electron chi connectivity index (χ3n) is 3.02. The molecule has 7 nitrogen and oxygen atoms in total. The SMILES string of the molecule is CCN(c1nccc(C#N)c1[N+](=O)[O-])C1CNC1. The summed E-state index contributed by atoms with van der Waals surface area (Å²) in [6.45, 7) is 4.10. The number of likely N-dealkylation sites (N-methyl/N-ethyl adjacent to an activating group) is 1. The Kier molecular flexibility index (Phi) is 3.39. The minimum absolute atomic E-state index is 0.0516. The standard InChI is InChI=1S/C11H13N5O2/c1-2-15(9-6-13-7-9)11-10(16(17)18)8(5-12)3-4-14-11/h3-4,9,13H,2,6-7H2,1H3. The maximum absolute atomic E-state index is 11.1. The van der Waals surface area contributed by atoms with Crippen LogP contribution in [0, 0.1) is 21.4 Å². The molecule has 2 heterocycles. The summed E-state index contributed by atoms with van der Waals surface area (Å²) in [5.41, 5.74) is -0.149. The summed E-state index contributed by atoms with van der Waals surface area (Å²) in [5, 5.41) is 23.2. The van der Waals surface area contributed by atoms with Crippen molar-refractivity contribution in [1.82, 2.24) is 10.3 Å². The van der Waals surface area contributed by atoms with E-state index in [0.717, 1.165) is 13.1 Å². The molecule has 0 bridgehead atoms. The molecule has 0 aliphatic carbocycles. The zero-order valence-corrected chi connectivity index (χ0v) is 9.96. The molecule has 0 atom stereocenters. The maximum atomic E-state index is 11.1. The van der Waals surface area contributed by atoms with Crippen molar-refractivity contribution >= 4 is 11.5 Å². The number of nitriles is 1. The fraction of sp³-hybridized carbons (Fsp3) is 0.455. The molecule has 1 fully saturated rings. The van der Waals surface area contributed by atoms with E-state index in [1.165, 1.54) is 12.3 Å². The number of anilines is 1. The van der Waals surface area contributed by atoms with Gasteiger partial charge in [0.25, 0.3) is 0 Å². The average molecular weight is 247 g/mol. The first-order chi connectivity index (χ1) is 8.69. The third-order valence-corrected chi connectivity index (χ3v) is 3.02. The zero-order valence-electron chi connectivity index (χ0n) is 9.96. The Morgan fingerprint density at radius 1 is 1.72 bits per heavy atom. The molecule has 1 aromatic rings. The monoisotopic (exact) mass is 247 g/mol. The summed E-state index contributed by atoms with van der Waals surface area (Å²) in [4.78, 5) is 16.5. The van der Waals surface area contributed by atoms with Crippen molar-refractivity contribution in [2.24, 2.45) is 0 Å². The summed E-state index contributed by atoms with van der Waals surface area (Å²) < 4.78 is 0. The van der Waals surface area contributed by atoms with Crippen molar-refractivity contribution in [3.8, 4) is 6.07 Å². The first kappa shape index (κ1) is 12.3. The second-order valence-electron chi connectivity index (χ2n) is 4.00. The van der Waals surface area contributed by atoms with Gasteiger partial charge in [0.2, 0.25) is 5.82 Å². The van der Waals surface area contributed by atoms with E-state index in [1.807, 2.05) is 17.9 Å². The molecule has 1 saturated heterocycles. The van der Waals surface area contributed by atoms with Gasteiger partial charge in [0.1, 0.15) is 11.6 Å². The molecule has 7 heteroatoms. The Labute approximate surface area is 104 Å². The Morgan fingerprint density at radius 2 is 2.44 bits per heavy atom. The second kappa shape index (κ2) is 4.98. The van der Waals surface area contributed by atoms with Crippen LogP contribution in [0.5, 0.6) is 0 Å². The van der Waals surface area contributed by atoms with Gasteiger partial charge >= 0.3 is 5.69 Å². The molecule has 94 valence electrons. The highest BCUT2D eigenvalue weighted by Crippen LogP contribution is 2.30. The molecule has 18 heavy (non-hydrogen) atoms. The largest absolute Gasteiger partial charge is 0.346 e. The number of hydrogen-bond donors (Lipinski definition) is 1. The lowest BCUT2D eigenvalue weighted by atomic mass is 10.1. The van der Waals surface area contributed by atoms with Crippen LogP contribution in [0.25, 0.3) is 0 Å². The molecule has 1 aromatic heterocycles. The van der Waals surface area contributed by atoms with E-state index < -0.39 is 4.92 Å². The second-order valence-corrected chi connectivity index (χ2v) is 4.00. The van der Waals surface area contributed by atoms with Crippen LogP contribution in [0.15, 0.2) is 12.3 Å². The van der Waals surface area contributed by atoms with Crippen LogP contribution in [0.4, 0.5) is 11.5 Å². The van der Waals surface area contributed by atoms with Crippen LogP contribution in [-0.2, 0) is 0 Å². The number of hydrogen-bond acceptors (Lipinski definition) is 6. The molecular weight excluding hydrogens is 234 g/mol. The van der Waals surface area contributed by atoms with Gasteiger partial charge in [0, 0.05) is 25.8 Å². The Hall–Kier alpha value is -2.20. The highest BCUT2D eigenvalue weighted by molar-refractivity contribution is 5.66. The van der Waals surface area contributed by atoms with Gasteiger partial charge in [-0.25, -0.2) is 4.98 Å². The van der Waals surface area contributed by atoms with Crippen molar-refractivity contribution in [3.05, 3.63) is 27.9 Å². The number of pyridine rings is 1. The topological polar surface area (TPSA) is 95.1 Å². The van der Waals surface area contributed by atoms with Gasteiger partial charge < -0.3 is 10.2 Å². The van der Waals surface area contributed by atoms with Crippen LogP contribution in [0.1, 0.15) is 12.5 Å². The lowest BCUT2D eigenvalue weighted by Crippen LogP contribution is -2.57. The minimum atomic E-state index is -0.532. The molecule has 0 spiro atoms. The fourth-order valence-corrected chi connectivity index (χ4v) is 2.00. The Morgan fingerprint density at radius 3 is 2.89 bits per heavy atom. The summed E-state index contributed by atoms with van der Waals surface area (Å²) in [6.07, 6.45) is 1.44. The van der Waals surface area contributed by atoms with Gasteiger partial charge in [-0.05, 0) is 13.0 Å². The van der Waals surface area contributed by atoms with Crippen LogP contribution >= 0.6 is 0 Å². The lowest BCUT2D eigenvalue weighted by Gasteiger charge is -2.38. The van der Waals surface area contributed by atoms with E-state index in [0.29, 0.717) is 6.54 Å². The molecular formula is C11H13N5O2. The third kappa shape index (κ3) is 1.98. The van der Waals surface area contributed by atoms with Gasteiger partial charge in [-0.2, -0.15) is 5.26 Å². The molecule has 1 N–H and O–H groups in total. The highest BCUT2D eigenvalue weighted by atomic mass is 16.6. The fourth-order valence-electron chi connectivity index (χ4n) is 2.00. The molecule has 0 aromatic carbocycles. The predicted molar refractivity (Wildman–Crippen MR) is 65.3 cm³/mol. The van der Waals surface area contributed by atoms with E-state index in [-0.39, 0.29) is 23.1 Å². The van der Waals surface area contributed by atoms with Crippen molar-refractivity contribution in [3.63, 3.8) is 0 Å². The normalized spacial score (nSPS) is 14.7. The van der Waals surface area contributed by atoms with E-state index in [1.54, 1.807) is 0 Å². The number of nitrogens with one attached hydrogen (secondary N) is 1. The maximum Gasteiger partial charge on any atom is 0.329 e. The molecule has 0 saturated carbocycles. The smallest absolute Gasteiger partial charge is 0.329 e. The van der Waals surface area contributed by atoms with Crippen LogP contribution in [-0.4, -0.2) is 35.6 Å². The van der Waals surface area contributed by atoms with Crippen molar-refractivity contribution in [2.45, 2.75) is 13.0 Å². The van der Waals surface area contributed by atoms with E-state index in [4.69, 9.17) is 5.26 Å². The van der Waals surface area contributed by atoms with E-state index in [9.17, 15) is 10.1 Å². The van der Waals surface area contributed by atoms with E-state index in [2.05, 4.69) is 10.3 Å². The van der Waals surface area contributed by atoms with Crippen LogP contribution in [0.2, 0.25) is 0 Å². The van der Waals surface area contributed by atoms with Gasteiger partial charge in [-0.3, -0.25) is 10.1 Å². The highest BCUT2D eigenvalue weighted by Gasteiger charge is 2.31. The van der Waals surface area contributed by atoms with Gasteiger partial charge in [-0.15, -0.1) is 0 Å². The minimum Gasteiger partial charge on any atom is -0.346 e. The van der Waals surface area contributed by atoms with E-state index >= 15 is 0 Å². The predicted octanol–water partition coefficient (Wildman–Crippen LogP) is 0.660. The quantitative estimate of drug-likeness (QED) is 0.620. The summed E-state index contributed by atoms with van der Waals surface area (Å²) >= 11 is 0.